The molecule has 1 N–H and O–H groups in total. The van der Waals surface area contributed by atoms with Gasteiger partial charge in [0.1, 0.15) is 0 Å². The van der Waals surface area contributed by atoms with Crippen LogP contribution < -0.4 is 5.32 Å². The molecule has 154 valence electrons. The molecule has 1 aliphatic heterocycles. The molecule has 0 saturated carbocycles. The fourth-order valence-electron chi connectivity index (χ4n) is 3.73. The number of carbonyl (C=O) groups is 1. The molecule has 3 heterocycles. The second-order valence-electron chi connectivity index (χ2n) is 7.41. The van der Waals surface area contributed by atoms with Crippen molar-refractivity contribution in [2.45, 2.75) is 29.8 Å². The topological polar surface area (TPSA) is 72.7 Å². The Hall–Kier alpha value is -3.45. The molecule has 2 aromatic carbocycles. The lowest BCUT2D eigenvalue weighted by molar-refractivity contribution is -0.115. The van der Waals surface area contributed by atoms with Gasteiger partial charge in [-0.25, -0.2) is 0 Å². The van der Waals surface area contributed by atoms with E-state index in [9.17, 15) is 4.79 Å². The number of para-hydroxylation sites is 1. The van der Waals surface area contributed by atoms with Gasteiger partial charge in [0.2, 0.25) is 5.91 Å². The number of fused-ring (bicyclic) bond motifs is 1. The Balaban J connectivity index is 1.46. The number of thioether (sulfide) groups is 1. The first kappa shape index (κ1) is 19.5. The van der Waals surface area contributed by atoms with Crippen LogP contribution in [0.25, 0.3) is 11.4 Å². The maximum atomic E-state index is 12.9. The Morgan fingerprint density at radius 2 is 1.74 bits per heavy atom. The summed E-state index contributed by atoms with van der Waals surface area (Å²) in [6.07, 6.45) is 5.09. The smallest absolute Gasteiger partial charge is 0.237 e. The minimum Gasteiger partial charge on any atom is -0.325 e. The van der Waals surface area contributed by atoms with E-state index in [1.54, 1.807) is 12.4 Å². The van der Waals surface area contributed by atoms with Crippen molar-refractivity contribution in [1.29, 1.82) is 0 Å². The summed E-state index contributed by atoms with van der Waals surface area (Å²) >= 11 is 1.48. The zero-order valence-corrected chi connectivity index (χ0v) is 17.6. The number of benzene rings is 2. The summed E-state index contributed by atoms with van der Waals surface area (Å²) in [7, 11) is 0. The number of amides is 1. The minimum atomic E-state index is -0.239. The molecule has 0 aliphatic carbocycles. The summed E-state index contributed by atoms with van der Waals surface area (Å²) in [6, 6.07) is 22.1. The second-order valence-corrected chi connectivity index (χ2v) is 8.58. The average Bonchev–Trinajstić information content (AvgIpc) is 3.12. The van der Waals surface area contributed by atoms with E-state index >= 15 is 0 Å². The van der Waals surface area contributed by atoms with E-state index in [1.807, 2.05) is 48.5 Å². The van der Waals surface area contributed by atoms with Gasteiger partial charge in [-0.15, -0.1) is 10.2 Å². The number of nitrogens with one attached hydrogen (secondary N) is 1. The SMILES string of the molecule is O=C1Nc2ccccc2CCC1Sc1nnc(-c2ccncc2)n1Cc1ccccc1. The summed E-state index contributed by atoms with van der Waals surface area (Å²) in [5.41, 5.74) is 4.17. The summed E-state index contributed by atoms with van der Waals surface area (Å²) in [4.78, 5) is 17.0. The van der Waals surface area contributed by atoms with Crippen LogP contribution in [0.15, 0.2) is 84.3 Å². The maximum Gasteiger partial charge on any atom is 0.237 e. The van der Waals surface area contributed by atoms with E-state index in [1.165, 1.54) is 17.3 Å². The van der Waals surface area contributed by atoms with E-state index < -0.39 is 0 Å². The van der Waals surface area contributed by atoms with Crippen molar-refractivity contribution in [3.8, 4) is 11.4 Å². The van der Waals surface area contributed by atoms with E-state index in [-0.39, 0.29) is 11.2 Å². The molecular weight excluding hydrogens is 406 g/mol. The molecule has 1 aliphatic rings. The van der Waals surface area contributed by atoms with Crippen molar-refractivity contribution < 1.29 is 4.79 Å². The summed E-state index contributed by atoms with van der Waals surface area (Å²) in [5.74, 6) is 0.778. The Labute approximate surface area is 184 Å². The lowest BCUT2D eigenvalue weighted by atomic mass is 10.1. The van der Waals surface area contributed by atoms with Crippen LogP contribution in [0, 0.1) is 0 Å². The van der Waals surface area contributed by atoms with Gasteiger partial charge in [0.05, 0.1) is 11.8 Å². The molecule has 0 fully saturated rings. The predicted molar refractivity (Wildman–Crippen MR) is 122 cm³/mol. The zero-order valence-electron chi connectivity index (χ0n) is 16.8. The van der Waals surface area contributed by atoms with E-state index in [2.05, 4.69) is 43.3 Å². The molecule has 0 bridgehead atoms. The van der Waals surface area contributed by atoms with Crippen molar-refractivity contribution in [3.05, 3.63) is 90.3 Å². The van der Waals surface area contributed by atoms with E-state index in [4.69, 9.17) is 0 Å². The van der Waals surface area contributed by atoms with Crippen LogP contribution in [0.2, 0.25) is 0 Å². The average molecular weight is 428 g/mol. The molecule has 1 atom stereocenters. The summed E-state index contributed by atoms with van der Waals surface area (Å²) in [5, 5.41) is 12.5. The fraction of sp³-hybridized carbons (Fsp3) is 0.167. The molecule has 2 aromatic heterocycles. The van der Waals surface area contributed by atoms with Crippen molar-refractivity contribution in [1.82, 2.24) is 19.7 Å². The van der Waals surface area contributed by atoms with Crippen LogP contribution in [0.1, 0.15) is 17.5 Å². The largest absolute Gasteiger partial charge is 0.325 e. The van der Waals surface area contributed by atoms with Crippen molar-refractivity contribution in [2.75, 3.05) is 5.32 Å². The number of hydrogen-bond donors (Lipinski definition) is 1. The highest BCUT2D eigenvalue weighted by molar-refractivity contribution is 8.00. The number of carbonyl (C=O) groups excluding carboxylic acids is 1. The van der Waals surface area contributed by atoms with Crippen LogP contribution in [-0.2, 0) is 17.8 Å². The Kier molecular flexibility index (Phi) is 5.50. The lowest BCUT2D eigenvalue weighted by Gasteiger charge is -2.15. The van der Waals surface area contributed by atoms with E-state index in [0.717, 1.165) is 40.6 Å². The molecule has 1 unspecified atom stereocenters. The molecule has 0 saturated heterocycles. The van der Waals surface area contributed by atoms with Crippen LogP contribution in [-0.4, -0.2) is 30.9 Å². The van der Waals surface area contributed by atoms with Gasteiger partial charge in [-0.3, -0.25) is 14.3 Å². The monoisotopic (exact) mass is 427 g/mol. The number of aromatic nitrogens is 4. The molecular formula is C24H21N5OS. The molecule has 7 heteroatoms. The van der Waals surface area contributed by atoms with Crippen molar-refractivity contribution in [3.63, 3.8) is 0 Å². The van der Waals surface area contributed by atoms with Crippen LogP contribution >= 0.6 is 11.8 Å². The molecule has 31 heavy (non-hydrogen) atoms. The van der Waals surface area contributed by atoms with Gasteiger partial charge in [-0.1, -0.05) is 60.3 Å². The molecule has 0 spiro atoms. The third-order valence-electron chi connectivity index (χ3n) is 5.33. The normalized spacial score (nSPS) is 15.7. The highest BCUT2D eigenvalue weighted by Crippen LogP contribution is 2.33. The van der Waals surface area contributed by atoms with Crippen molar-refractivity contribution in [2.24, 2.45) is 0 Å². The first-order valence-electron chi connectivity index (χ1n) is 10.2. The second kappa shape index (κ2) is 8.73. The number of hydrogen-bond acceptors (Lipinski definition) is 5. The van der Waals surface area contributed by atoms with Gasteiger partial charge in [0.15, 0.2) is 11.0 Å². The van der Waals surface area contributed by atoms with Crippen molar-refractivity contribution >= 4 is 23.4 Å². The number of nitrogens with zero attached hydrogens (tertiary/aromatic N) is 4. The van der Waals surface area contributed by atoms with Gasteiger partial charge < -0.3 is 5.32 Å². The number of aryl methyl sites for hydroxylation is 1. The van der Waals surface area contributed by atoms with Gasteiger partial charge in [0, 0.05) is 23.6 Å². The van der Waals surface area contributed by atoms with Crippen LogP contribution in [0.5, 0.6) is 0 Å². The molecule has 6 nitrogen and oxygen atoms in total. The highest BCUT2D eigenvalue weighted by Gasteiger charge is 2.27. The van der Waals surface area contributed by atoms with Gasteiger partial charge in [-0.2, -0.15) is 0 Å². The number of pyridine rings is 1. The maximum absolute atomic E-state index is 12.9. The van der Waals surface area contributed by atoms with Crippen LogP contribution in [0.3, 0.4) is 0 Å². The highest BCUT2D eigenvalue weighted by atomic mass is 32.2. The third kappa shape index (κ3) is 4.22. The fourth-order valence-corrected chi connectivity index (χ4v) is 4.75. The number of rotatable bonds is 5. The Morgan fingerprint density at radius 1 is 0.968 bits per heavy atom. The Morgan fingerprint density at radius 3 is 2.58 bits per heavy atom. The van der Waals surface area contributed by atoms with E-state index in [0.29, 0.717) is 6.54 Å². The lowest BCUT2D eigenvalue weighted by Crippen LogP contribution is -2.24. The summed E-state index contributed by atoms with van der Waals surface area (Å²) < 4.78 is 2.08. The van der Waals surface area contributed by atoms with Gasteiger partial charge in [-0.05, 0) is 42.2 Å². The molecule has 4 aromatic rings. The molecule has 0 radical (unpaired) electrons. The van der Waals surface area contributed by atoms with Gasteiger partial charge in [0.25, 0.3) is 0 Å². The molecule has 5 rings (SSSR count). The quantitative estimate of drug-likeness (QED) is 0.510. The minimum absolute atomic E-state index is 0.00896. The first-order chi connectivity index (χ1) is 15.3. The molecule has 1 amide bonds. The standard InChI is InChI=1S/C24H21N5OS/c30-23-21(11-10-18-8-4-5-9-20(18)26-23)31-24-28-27-22(19-12-14-25-15-13-19)29(24)16-17-6-2-1-3-7-17/h1-9,12-15,21H,10-11,16H2,(H,26,30). The zero-order chi connectivity index (χ0) is 21.0. The first-order valence-corrected chi connectivity index (χ1v) is 11.1. The van der Waals surface area contributed by atoms with Gasteiger partial charge >= 0.3 is 0 Å². The summed E-state index contributed by atoms with van der Waals surface area (Å²) in [6.45, 7) is 0.627. The number of anilines is 1. The third-order valence-corrected chi connectivity index (χ3v) is 6.58. The Bertz CT molecular complexity index is 1190. The predicted octanol–water partition coefficient (Wildman–Crippen LogP) is 4.43. The van der Waals surface area contributed by atoms with Crippen LogP contribution in [0.4, 0.5) is 5.69 Å².